The number of sulfone groups is 1. The maximum absolute atomic E-state index is 13.0. The molecule has 7 nitrogen and oxygen atoms in total. The summed E-state index contributed by atoms with van der Waals surface area (Å²) in [6.45, 7) is 2.26. The molecule has 0 radical (unpaired) electrons. The van der Waals surface area contributed by atoms with Gasteiger partial charge in [-0.05, 0) is 31.0 Å². The third kappa shape index (κ3) is 4.39. The standard InChI is InChI=1S/C16H23ClN2O5S2/c1-4-8-19(12-7-9-25(21,22)11-12)16(20)14-10-13(5-6-15(14)17)26(23,24)18(2)3/h5-6,10,12H,4,7-9,11H2,1-3H3/t12-/m1/s1. The fourth-order valence-electron chi connectivity index (χ4n) is 2.91. The largest absolute Gasteiger partial charge is 0.335 e. The number of hydrogen-bond donors (Lipinski definition) is 0. The van der Waals surface area contributed by atoms with Crippen molar-refractivity contribution in [1.29, 1.82) is 0 Å². The lowest BCUT2D eigenvalue weighted by Gasteiger charge is -2.28. The third-order valence-electron chi connectivity index (χ3n) is 4.32. The van der Waals surface area contributed by atoms with Crippen molar-refractivity contribution in [2.24, 2.45) is 0 Å². The number of hydrogen-bond acceptors (Lipinski definition) is 5. The molecule has 10 heteroatoms. The number of amides is 1. The Morgan fingerprint density at radius 1 is 1.31 bits per heavy atom. The Morgan fingerprint density at radius 2 is 1.96 bits per heavy atom. The highest BCUT2D eigenvalue weighted by molar-refractivity contribution is 7.91. The molecule has 1 aromatic rings. The van der Waals surface area contributed by atoms with Crippen LogP contribution in [-0.4, -0.2) is 70.1 Å². The van der Waals surface area contributed by atoms with Crippen molar-refractivity contribution >= 4 is 37.4 Å². The van der Waals surface area contributed by atoms with Gasteiger partial charge in [0, 0.05) is 26.7 Å². The van der Waals surface area contributed by atoms with E-state index in [4.69, 9.17) is 11.6 Å². The zero-order valence-corrected chi connectivity index (χ0v) is 17.4. The van der Waals surface area contributed by atoms with Crippen molar-refractivity contribution in [1.82, 2.24) is 9.21 Å². The molecular weight excluding hydrogens is 400 g/mol. The summed E-state index contributed by atoms with van der Waals surface area (Å²) in [5.41, 5.74) is 0.0624. The van der Waals surface area contributed by atoms with E-state index in [-0.39, 0.29) is 27.0 Å². The van der Waals surface area contributed by atoms with Crippen molar-refractivity contribution in [3.8, 4) is 0 Å². The van der Waals surface area contributed by atoms with Gasteiger partial charge in [0.2, 0.25) is 10.0 Å². The Labute approximate surface area is 159 Å². The second kappa shape index (κ2) is 7.84. The van der Waals surface area contributed by atoms with Crippen LogP contribution in [0.2, 0.25) is 5.02 Å². The van der Waals surface area contributed by atoms with Gasteiger partial charge in [0.1, 0.15) is 0 Å². The first-order valence-corrected chi connectivity index (χ1v) is 11.9. The maximum Gasteiger partial charge on any atom is 0.255 e. The molecule has 0 N–H and O–H groups in total. The highest BCUT2D eigenvalue weighted by Crippen LogP contribution is 2.26. The lowest BCUT2D eigenvalue weighted by atomic mass is 10.1. The Morgan fingerprint density at radius 3 is 2.46 bits per heavy atom. The van der Waals surface area contributed by atoms with Gasteiger partial charge in [-0.3, -0.25) is 4.79 Å². The lowest BCUT2D eigenvalue weighted by molar-refractivity contribution is 0.0697. The SMILES string of the molecule is CCCN(C(=O)c1cc(S(=O)(=O)N(C)C)ccc1Cl)[C@@H]1CCS(=O)(=O)C1. The summed E-state index contributed by atoms with van der Waals surface area (Å²) in [6, 6.07) is 3.56. The Balaban J connectivity index is 2.43. The number of carbonyl (C=O) groups excluding carboxylic acids is 1. The first-order valence-electron chi connectivity index (χ1n) is 8.23. The zero-order valence-electron chi connectivity index (χ0n) is 15.0. The van der Waals surface area contributed by atoms with Gasteiger partial charge in [-0.25, -0.2) is 21.1 Å². The van der Waals surface area contributed by atoms with Gasteiger partial charge < -0.3 is 4.90 Å². The monoisotopic (exact) mass is 422 g/mol. The molecule has 1 aromatic carbocycles. The van der Waals surface area contributed by atoms with E-state index in [1.165, 1.54) is 37.2 Å². The number of carbonyl (C=O) groups is 1. The maximum atomic E-state index is 13.0. The molecule has 0 aliphatic carbocycles. The van der Waals surface area contributed by atoms with Crippen molar-refractivity contribution in [3.63, 3.8) is 0 Å². The second-order valence-electron chi connectivity index (χ2n) is 6.48. The first-order chi connectivity index (χ1) is 12.0. The van der Waals surface area contributed by atoms with Crippen LogP contribution in [0.5, 0.6) is 0 Å². The summed E-state index contributed by atoms with van der Waals surface area (Å²) >= 11 is 6.15. The number of nitrogens with zero attached hydrogens (tertiary/aromatic N) is 2. The number of halogens is 1. The average Bonchev–Trinajstić information content (AvgIpc) is 2.91. The summed E-state index contributed by atoms with van der Waals surface area (Å²) in [5.74, 6) is -0.477. The topological polar surface area (TPSA) is 91.8 Å². The normalized spacial score (nSPS) is 19.7. The van der Waals surface area contributed by atoms with Crippen molar-refractivity contribution in [2.45, 2.75) is 30.7 Å². The van der Waals surface area contributed by atoms with Gasteiger partial charge in [0.05, 0.1) is 27.0 Å². The molecule has 0 bridgehead atoms. The lowest BCUT2D eigenvalue weighted by Crippen LogP contribution is -2.41. The molecule has 26 heavy (non-hydrogen) atoms. The fraction of sp³-hybridized carbons (Fsp3) is 0.562. The van der Waals surface area contributed by atoms with Gasteiger partial charge in [0.15, 0.2) is 9.84 Å². The minimum Gasteiger partial charge on any atom is -0.335 e. The molecule has 1 fully saturated rings. The van der Waals surface area contributed by atoms with E-state index >= 15 is 0 Å². The molecule has 0 spiro atoms. The van der Waals surface area contributed by atoms with Crippen LogP contribution < -0.4 is 0 Å². The Bertz CT molecular complexity index is 897. The predicted octanol–water partition coefficient (Wildman–Crippen LogP) is 1.63. The molecule has 1 saturated heterocycles. The Kier molecular flexibility index (Phi) is 6.37. The van der Waals surface area contributed by atoms with Crippen molar-refractivity contribution in [3.05, 3.63) is 28.8 Å². The molecule has 0 saturated carbocycles. The molecule has 146 valence electrons. The van der Waals surface area contributed by atoms with Gasteiger partial charge in [0.25, 0.3) is 5.91 Å². The van der Waals surface area contributed by atoms with Crippen LogP contribution in [0.1, 0.15) is 30.1 Å². The highest BCUT2D eigenvalue weighted by atomic mass is 35.5. The van der Waals surface area contributed by atoms with E-state index in [0.717, 1.165) is 4.31 Å². The van der Waals surface area contributed by atoms with Crippen LogP contribution in [0.3, 0.4) is 0 Å². The molecule has 2 rings (SSSR count). The van der Waals surface area contributed by atoms with E-state index in [2.05, 4.69) is 0 Å². The summed E-state index contributed by atoms with van der Waals surface area (Å²) in [5, 5.41) is 0.134. The second-order valence-corrected chi connectivity index (χ2v) is 11.3. The van der Waals surface area contributed by atoms with E-state index in [1.54, 1.807) is 0 Å². The van der Waals surface area contributed by atoms with Crippen LogP contribution in [0.4, 0.5) is 0 Å². The molecule has 1 heterocycles. The molecular formula is C16H23ClN2O5S2. The van der Waals surface area contributed by atoms with Crippen LogP contribution in [0.25, 0.3) is 0 Å². The van der Waals surface area contributed by atoms with E-state index < -0.39 is 31.8 Å². The summed E-state index contributed by atoms with van der Waals surface area (Å²) in [7, 11) is -4.07. The third-order valence-corrected chi connectivity index (χ3v) is 8.21. The molecule has 1 atom stereocenters. The van der Waals surface area contributed by atoms with Crippen molar-refractivity contribution < 1.29 is 21.6 Å². The molecule has 0 aromatic heterocycles. The average molecular weight is 423 g/mol. The smallest absolute Gasteiger partial charge is 0.255 e. The van der Waals surface area contributed by atoms with Gasteiger partial charge in [-0.15, -0.1) is 0 Å². The highest BCUT2D eigenvalue weighted by Gasteiger charge is 2.35. The van der Waals surface area contributed by atoms with Crippen LogP contribution >= 0.6 is 11.6 Å². The number of rotatable bonds is 6. The molecule has 1 aliphatic heterocycles. The van der Waals surface area contributed by atoms with Gasteiger partial charge in [-0.2, -0.15) is 0 Å². The predicted molar refractivity (Wildman–Crippen MR) is 101 cm³/mol. The number of benzene rings is 1. The quantitative estimate of drug-likeness (QED) is 0.694. The van der Waals surface area contributed by atoms with Gasteiger partial charge in [-0.1, -0.05) is 18.5 Å². The molecule has 1 aliphatic rings. The van der Waals surface area contributed by atoms with Crippen LogP contribution in [0.15, 0.2) is 23.1 Å². The Hall–Kier alpha value is -1.16. The molecule has 1 amide bonds. The summed E-state index contributed by atoms with van der Waals surface area (Å²) in [6.07, 6.45) is 1.02. The summed E-state index contributed by atoms with van der Waals surface area (Å²) in [4.78, 5) is 14.5. The minimum absolute atomic E-state index is 0.0364. The molecule has 0 unspecified atom stereocenters. The van der Waals surface area contributed by atoms with E-state index in [0.29, 0.717) is 19.4 Å². The van der Waals surface area contributed by atoms with Crippen LogP contribution in [-0.2, 0) is 19.9 Å². The van der Waals surface area contributed by atoms with Gasteiger partial charge >= 0.3 is 0 Å². The van der Waals surface area contributed by atoms with E-state index in [9.17, 15) is 21.6 Å². The fourth-order valence-corrected chi connectivity index (χ4v) is 5.76. The van der Waals surface area contributed by atoms with E-state index in [1.807, 2.05) is 6.92 Å². The zero-order chi connectivity index (χ0) is 19.7. The van der Waals surface area contributed by atoms with Crippen molar-refractivity contribution in [2.75, 3.05) is 32.1 Å². The minimum atomic E-state index is -3.72. The first kappa shape index (κ1) is 21.1. The van der Waals surface area contributed by atoms with Crippen LogP contribution in [0, 0.1) is 0 Å². The number of sulfonamides is 1. The summed E-state index contributed by atoms with van der Waals surface area (Å²) < 4.78 is 49.3.